The molecule has 0 aliphatic heterocycles. The van der Waals surface area contributed by atoms with Gasteiger partial charge in [0.15, 0.2) is 0 Å². The molecule has 2 rings (SSSR count). The second kappa shape index (κ2) is 4.73. The predicted molar refractivity (Wildman–Crippen MR) is 60.4 cm³/mol. The Morgan fingerprint density at radius 2 is 2.27 bits per heavy atom. The first kappa shape index (κ1) is 9.90. The van der Waals surface area contributed by atoms with E-state index in [-0.39, 0.29) is 0 Å². The molecule has 1 N–H and O–H groups in total. The summed E-state index contributed by atoms with van der Waals surface area (Å²) in [5, 5.41) is 2.57. The fourth-order valence-corrected chi connectivity index (χ4v) is 1.83. The summed E-state index contributed by atoms with van der Waals surface area (Å²) in [5.74, 6) is 0.619. The lowest BCUT2D eigenvalue weighted by Gasteiger charge is -2.12. The highest BCUT2D eigenvalue weighted by Crippen LogP contribution is 2.25. The van der Waals surface area contributed by atoms with Crippen molar-refractivity contribution >= 4 is 17.8 Å². The summed E-state index contributed by atoms with van der Waals surface area (Å²) in [4.78, 5) is 14.7. The minimum Gasteiger partial charge on any atom is -0.313 e. The van der Waals surface area contributed by atoms with Crippen LogP contribution in [0.1, 0.15) is 31.4 Å². The third-order valence-electron chi connectivity index (χ3n) is 2.58. The zero-order valence-electron chi connectivity index (χ0n) is 8.57. The van der Waals surface area contributed by atoms with Crippen LogP contribution in [0.4, 0.5) is 5.82 Å². The quantitative estimate of drug-likeness (QED) is 0.765. The highest BCUT2D eigenvalue weighted by molar-refractivity contribution is 5.71. The molecule has 0 fully saturated rings. The normalized spacial score (nSPS) is 15.6. The maximum absolute atomic E-state index is 10.3. The van der Waals surface area contributed by atoms with Crippen LogP contribution in [0.25, 0.3) is 5.57 Å². The van der Waals surface area contributed by atoms with Crippen LogP contribution in [0.5, 0.6) is 0 Å². The Labute approximate surface area is 89.2 Å². The molecule has 0 aromatic carbocycles. The smallest absolute Gasteiger partial charge is 0.212 e. The van der Waals surface area contributed by atoms with E-state index < -0.39 is 0 Å². The molecule has 1 aliphatic rings. The number of nitrogens with zero attached hydrogens (tertiary/aromatic N) is 1. The summed E-state index contributed by atoms with van der Waals surface area (Å²) in [6, 6.07) is 5.71. The van der Waals surface area contributed by atoms with Gasteiger partial charge in [0.2, 0.25) is 6.41 Å². The SMILES string of the molecule is O=CNc1cccc(C2=CCCCC2)n1. The first-order valence-electron chi connectivity index (χ1n) is 5.27. The number of amides is 1. The summed E-state index contributed by atoms with van der Waals surface area (Å²) in [7, 11) is 0. The van der Waals surface area contributed by atoms with Crippen LogP contribution in [0.15, 0.2) is 24.3 Å². The van der Waals surface area contributed by atoms with Gasteiger partial charge in [-0.3, -0.25) is 4.79 Å². The van der Waals surface area contributed by atoms with E-state index in [4.69, 9.17) is 0 Å². The van der Waals surface area contributed by atoms with Gasteiger partial charge in [-0.05, 0) is 43.4 Å². The van der Waals surface area contributed by atoms with E-state index in [1.807, 2.05) is 12.1 Å². The number of allylic oxidation sites excluding steroid dienone is 2. The Morgan fingerprint density at radius 3 is 3.00 bits per heavy atom. The van der Waals surface area contributed by atoms with Crippen LogP contribution in [-0.2, 0) is 4.79 Å². The molecule has 0 saturated heterocycles. The molecule has 0 radical (unpaired) electrons. The molecule has 0 atom stereocenters. The summed E-state index contributed by atoms with van der Waals surface area (Å²) < 4.78 is 0. The lowest BCUT2D eigenvalue weighted by atomic mass is 9.97. The first-order valence-corrected chi connectivity index (χ1v) is 5.27. The maximum Gasteiger partial charge on any atom is 0.212 e. The zero-order valence-corrected chi connectivity index (χ0v) is 8.57. The number of hydrogen-bond acceptors (Lipinski definition) is 2. The standard InChI is InChI=1S/C12H14N2O/c15-9-13-12-8-4-7-11(14-12)10-5-2-1-3-6-10/h4-5,7-9H,1-3,6H2,(H,13,14,15). The maximum atomic E-state index is 10.3. The van der Waals surface area contributed by atoms with Gasteiger partial charge >= 0.3 is 0 Å². The van der Waals surface area contributed by atoms with Crippen LogP contribution in [0, 0.1) is 0 Å². The van der Waals surface area contributed by atoms with Crippen LogP contribution in [-0.4, -0.2) is 11.4 Å². The molecule has 1 aliphatic carbocycles. The number of hydrogen-bond donors (Lipinski definition) is 1. The van der Waals surface area contributed by atoms with Crippen LogP contribution < -0.4 is 5.32 Å². The van der Waals surface area contributed by atoms with Crippen molar-refractivity contribution in [2.75, 3.05) is 5.32 Å². The van der Waals surface area contributed by atoms with E-state index in [2.05, 4.69) is 16.4 Å². The predicted octanol–water partition coefficient (Wildman–Crippen LogP) is 2.61. The van der Waals surface area contributed by atoms with Gasteiger partial charge in [0.1, 0.15) is 5.82 Å². The molecular weight excluding hydrogens is 188 g/mol. The number of carbonyl (C=O) groups excluding carboxylic acids is 1. The van der Waals surface area contributed by atoms with Gasteiger partial charge in [0, 0.05) is 0 Å². The minimum atomic E-state index is 0.619. The van der Waals surface area contributed by atoms with E-state index in [0.29, 0.717) is 12.2 Å². The molecule has 0 spiro atoms. The summed E-state index contributed by atoms with van der Waals surface area (Å²) in [6.45, 7) is 0. The largest absolute Gasteiger partial charge is 0.313 e. The molecule has 1 heterocycles. The van der Waals surface area contributed by atoms with Gasteiger partial charge < -0.3 is 5.32 Å². The average molecular weight is 202 g/mol. The molecule has 78 valence electrons. The Balaban J connectivity index is 2.23. The second-order valence-corrected chi connectivity index (χ2v) is 3.65. The molecule has 1 aromatic heterocycles. The highest BCUT2D eigenvalue weighted by Gasteiger charge is 2.07. The number of anilines is 1. The lowest BCUT2D eigenvalue weighted by molar-refractivity contribution is -0.105. The third kappa shape index (κ3) is 2.43. The summed E-state index contributed by atoms with van der Waals surface area (Å²) in [5.41, 5.74) is 2.29. The molecule has 15 heavy (non-hydrogen) atoms. The summed E-state index contributed by atoms with van der Waals surface area (Å²) >= 11 is 0. The Hall–Kier alpha value is -1.64. The molecule has 1 amide bonds. The van der Waals surface area contributed by atoms with Gasteiger partial charge in [-0.25, -0.2) is 4.98 Å². The fraction of sp³-hybridized carbons (Fsp3) is 0.333. The minimum absolute atomic E-state index is 0.619. The lowest BCUT2D eigenvalue weighted by Crippen LogP contribution is -2.00. The summed E-state index contributed by atoms with van der Waals surface area (Å²) in [6.07, 6.45) is 7.65. The van der Waals surface area contributed by atoms with E-state index in [9.17, 15) is 4.79 Å². The van der Waals surface area contributed by atoms with Gasteiger partial charge in [-0.1, -0.05) is 12.1 Å². The number of aromatic nitrogens is 1. The molecule has 1 aromatic rings. The molecule has 3 heteroatoms. The second-order valence-electron chi connectivity index (χ2n) is 3.65. The number of carbonyl (C=O) groups is 1. The highest BCUT2D eigenvalue weighted by atomic mass is 16.1. The van der Waals surface area contributed by atoms with E-state index in [0.717, 1.165) is 18.5 Å². The van der Waals surface area contributed by atoms with Gasteiger partial charge in [0.05, 0.1) is 5.69 Å². The third-order valence-corrected chi connectivity index (χ3v) is 2.58. The molecule has 0 saturated carbocycles. The molecule has 0 bridgehead atoms. The van der Waals surface area contributed by atoms with E-state index in [1.165, 1.54) is 18.4 Å². The zero-order chi connectivity index (χ0) is 10.5. The Morgan fingerprint density at radius 1 is 1.33 bits per heavy atom. The van der Waals surface area contributed by atoms with E-state index in [1.54, 1.807) is 6.07 Å². The van der Waals surface area contributed by atoms with E-state index >= 15 is 0 Å². The topological polar surface area (TPSA) is 42.0 Å². The average Bonchev–Trinajstić information content (AvgIpc) is 2.31. The van der Waals surface area contributed by atoms with Gasteiger partial charge in [0.25, 0.3) is 0 Å². The van der Waals surface area contributed by atoms with Crippen molar-refractivity contribution in [3.63, 3.8) is 0 Å². The van der Waals surface area contributed by atoms with Crippen molar-refractivity contribution < 1.29 is 4.79 Å². The number of nitrogens with one attached hydrogen (secondary N) is 1. The van der Waals surface area contributed by atoms with Crippen molar-refractivity contribution in [1.29, 1.82) is 0 Å². The number of rotatable bonds is 3. The van der Waals surface area contributed by atoms with Crippen molar-refractivity contribution in [3.8, 4) is 0 Å². The fourth-order valence-electron chi connectivity index (χ4n) is 1.83. The Kier molecular flexibility index (Phi) is 3.12. The van der Waals surface area contributed by atoms with Crippen molar-refractivity contribution in [2.24, 2.45) is 0 Å². The first-order chi connectivity index (χ1) is 7.40. The molecule has 3 nitrogen and oxygen atoms in total. The van der Waals surface area contributed by atoms with Crippen molar-refractivity contribution in [3.05, 3.63) is 30.0 Å². The van der Waals surface area contributed by atoms with Crippen LogP contribution >= 0.6 is 0 Å². The van der Waals surface area contributed by atoms with Crippen molar-refractivity contribution in [1.82, 2.24) is 4.98 Å². The van der Waals surface area contributed by atoms with Crippen molar-refractivity contribution in [2.45, 2.75) is 25.7 Å². The monoisotopic (exact) mass is 202 g/mol. The Bertz CT molecular complexity index is 385. The van der Waals surface area contributed by atoms with Gasteiger partial charge in [-0.2, -0.15) is 0 Å². The molecular formula is C12H14N2O. The van der Waals surface area contributed by atoms with Gasteiger partial charge in [-0.15, -0.1) is 0 Å². The van der Waals surface area contributed by atoms with Crippen LogP contribution in [0.3, 0.4) is 0 Å². The van der Waals surface area contributed by atoms with Crippen LogP contribution in [0.2, 0.25) is 0 Å². The number of pyridine rings is 1. The molecule has 0 unspecified atom stereocenters.